The summed E-state index contributed by atoms with van der Waals surface area (Å²) >= 11 is 0. The molecular weight excluding hydrogens is 168 g/mol. The van der Waals surface area contributed by atoms with Crippen molar-refractivity contribution in [1.29, 1.82) is 0 Å². The van der Waals surface area contributed by atoms with Crippen LogP contribution in [0, 0.1) is 0 Å². The molecule has 5 heteroatoms. The number of benzene rings is 1. The molecule has 1 aromatic carbocycles. The minimum atomic E-state index is -4.38. The van der Waals surface area contributed by atoms with Crippen LogP contribution in [0.15, 0.2) is 29.2 Å². The molecule has 0 heterocycles. The first-order valence-corrected chi connectivity index (χ1v) is 4.16. The van der Waals surface area contributed by atoms with Crippen LogP contribution in [0.4, 0.5) is 0 Å². The van der Waals surface area contributed by atoms with Crippen molar-refractivity contribution in [1.82, 2.24) is 0 Å². The standard InChI is InChI=1S/C6H5O4S/c7-5-1-3-6(4-2-5)11(8,9)10/h1-4,7H. The zero-order valence-corrected chi connectivity index (χ0v) is 6.21. The number of hydrogen-bond acceptors (Lipinski definition) is 3. The van der Waals surface area contributed by atoms with Gasteiger partial charge in [-0.15, -0.1) is 0 Å². The van der Waals surface area contributed by atoms with Crippen molar-refractivity contribution in [3.05, 3.63) is 24.3 Å². The van der Waals surface area contributed by atoms with Crippen LogP contribution >= 0.6 is 0 Å². The van der Waals surface area contributed by atoms with Gasteiger partial charge in [0.15, 0.2) is 0 Å². The summed E-state index contributed by atoms with van der Waals surface area (Å²) < 4.78 is 30.9. The Hall–Kier alpha value is -1.07. The maximum atomic E-state index is 10.3. The Labute approximate surface area is 63.9 Å². The molecule has 0 saturated carbocycles. The third kappa shape index (κ3) is 1.92. The van der Waals surface area contributed by atoms with Crippen LogP contribution in [0.5, 0.6) is 5.75 Å². The molecule has 0 spiro atoms. The molecule has 0 fully saturated rings. The van der Waals surface area contributed by atoms with E-state index in [0.717, 1.165) is 24.3 Å². The zero-order valence-electron chi connectivity index (χ0n) is 5.39. The summed E-state index contributed by atoms with van der Waals surface area (Å²) in [6, 6.07) is 4.39. The van der Waals surface area contributed by atoms with Gasteiger partial charge in [0.25, 0.3) is 0 Å². The van der Waals surface area contributed by atoms with Gasteiger partial charge < -0.3 is 5.11 Å². The fraction of sp³-hybridized carbons (Fsp3) is 0. The second-order valence-electron chi connectivity index (χ2n) is 1.95. The van der Waals surface area contributed by atoms with Crippen LogP contribution in [-0.2, 0) is 14.7 Å². The van der Waals surface area contributed by atoms with Gasteiger partial charge in [-0.1, -0.05) is 4.55 Å². The summed E-state index contributed by atoms with van der Waals surface area (Å²) in [7, 11) is -4.38. The molecule has 1 aromatic rings. The van der Waals surface area contributed by atoms with Gasteiger partial charge >= 0.3 is 10.1 Å². The fourth-order valence-corrected chi connectivity index (χ4v) is 1.08. The Bertz CT molecular complexity index is 337. The highest BCUT2D eigenvalue weighted by Gasteiger charge is 2.09. The molecule has 1 N–H and O–H groups in total. The minimum Gasteiger partial charge on any atom is -0.508 e. The predicted molar refractivity (Wildman–Crippen MR) is 36.0 cm³/mol. The maximum Gasteiger partial charge on any atom is 0.324 e. The van der Waals surface area contributed by atoms with Crippen LogP contribution in [0.1, 0.15) is 0 Å². The molecule has 4 nitrogen and oxygen atoms in total. The Balaban J connectivity index is 3.20. The van der Waals surface area contributed by atoms with Gasteiger partial charge in [-0.3, -0.25) is 0 Å². The van der Waals surface area contributed by atoms with Crippen molar-refractivity contribution < 1.29 is 18.1 Å². The van der Waals surface area contributed by atoms with Gasteiger partial charge in [-0.2, -0.15) is 8.42 Å². The van der Waals surface area contributed by atoms with Gasteiger partial charge in [-0.05, 0) is 24.3 Å². The van der Waals surface area contributed by atoms with E-state index < -0.39 is 10.1 Å². The van der Waals surface area contributed by atoms with Gasteiger partial charge in [0, 0.05) is 0 Å². The fourth-order valence-electron chi connectivity index (χ4n) is 0.613. The number of rotatable bonds is 1. The summed E-state index contributed by atoms with van der Waals surface area (Å²) in [5, 5.41) is 8.73. The van der Waals surface area contributed by atoms with Crippen molar-refractivity contribution in [3.63, 3.8) is 0 Å². The second-order valence-corrected chi connectivity index (χ2v) is 3.33. The molecule has 0 unspecified atom stereocenters. The number of phenols is 1. The molecule has 0 aliphatic rings. The molecular formula is C6H5O4S. The molecule has 0 aliphatic carbocycles. The average molecular weight is 173 g/mol. The molecule has 1 rings (SSSR count). The smallest absolute Gasteiger partial charge is 0.324 e. The molecule has 0 aliphatic heterocycles. The van der Waals surface area contributed by atoms with Crippen LogP contribution < -0.4 is 0 Å². The minimum absolute atomic E-state index is 0.0719. The zero-order chi connectivity index (χ0) is 8.48. The van der Waals surface area contributed by atoms with E-state index in [2.05, 4.69) is 0 Å². The maximum absolute atomic E-state index is 10.3. The van der Waals surface area contributed by atoms with Crippen molar-refractivity contribution in [2.45, 2.75) is 4.90 Å². The number of phenolic OH excluding ortho intramolecular Hbond substituents is 1. The lowest BCUT2D eigenvalue weighted by molar-refractivity contribution is 0.414. The first-order valence-electron chi connectivity index (χ1n) is 2.75. The molecule has 0 aromatic heterocycles. The second kappa shape index (κ2) is 2.52. The highest BCUT2D eigenvalue weighted by molar-refractivity contribution is 7.85. The summed E-state index contributed by atoms with van der Waals surface area (Å²) in [4.78, 5) is -0.338. The summed E-state index contributed by atoms with van der Waals surface area (Å²) in [6.45, 7) is 0. The van der Waals surface area contributed by atoms with E-state index in [1.165, 1.54) is 0 Å². The van der Waals surface area contributed by atoms with E-state index >= 15 is 0 Å². The lowest BCUT2D eigenvalue weighted by Gasteiger charge is -1.93. The van der Waals surface area contributed by atoms with E-state index in [0.29, 0.717) is 0 Å². The highest BCUT2D eigenvalue weighted by Crippen LogP contribution is 2.13. The van der Waals surface area contributed by atoms with Crippen LogP contribution in [0.25, 0.3) is 0 Å². The SMILES string of the molecule is [O]S(=O)(=O)c1ccc(O)cc1. The van der Waals surface area contributed by atoms with Gasteiger partial charge in [0.05, 0.1) is 4.90 Å². The van der Waals surface area contributed by atoms with Gasteiger partial charge in [0.2, 0.25) is 0 Å². The third-order valence-corrected chi connectivity index (χ3v) is 1.97. The lowest BCUT2D eigenvalue weighted by Crippen LogP contribution is -1.94. The van der Waals surface area contributed by atoms with E-state index in [1.54, 1.807) is 0 Å². The molecule has 1 radical (unpaired) electrons. The summed E-state index contributed by atoms with van der Waals surface area (Å²) in [5.74, 6) is -0.0719. The Morgan fingerprint density at radius 3 is 1.91 bits per heavy atom. The topological polar surface area (TPSA) is 74.3 Å². The van der Waals surface area contributed by atoms with E-state index in [9.17, 15) is 13.0 Å². The van der Waals surface area contributed by atoms with Crippen LogP contribution in [-0.4, -0.2) is 13.5 Å². The predicted octanol–water partition coefficient (Wildman–Crippen LogP) is 0.511. The largest absolute Gasteiger partial charge is 0.508 e. The molecule has 0 amide bonds. The molecule has 11 heavy (non-hydrogen) atoms. The Morgan fingerprint density at radius 2 is 1.55 bits per heavy atom. The molecule has 59 valence electrons. The van der Waals surface area contributed by atoms with E-state index in [4.69, 9.17) is 5.11 Å². The number of aromatic hydroxyl groups is 1. The normalized spacial score (nSPS) is 11.4. The van der Waals surface area contributed by atoms with Gasteiger partial charge in [0.1, 0.15) is 5.75 Å². The monoisotopic (exact) mass is 173 g/mol. The molecule has 0 atom stereocenters. The van der Waals surface area contributed by atoms with E-state index in [1.807, 2.05) is 0 Å². The van der Waals surface area contributed by atoms with E-state index in [-0.39, 0.29) is 10.6 Å². The third-order valence-electron chi connectivity index (χ3n) is 1.13. The highest BCUT2D eigenvalue weighted by atomic mass is 32.2. The summed E-state index contributed by atoms with van der Waals surface area (Å²) in [5.41, 5.74) is 0. The Kier molecular flexibility index (Phi) is 1.84. The first kappa shape index (κ1) is 8.03. The van der Waals surface area contributed by atoms with Gasteiger partial charge in [-0.25, -0.2) is 0 Å². The van der Waals surface area contributed by atoms with Crippen molar-refractivity contribution in [2.24, 2.45) is 0 Å². The summed E-state index contributed by atoms with van der Waals surface area (Å²) in [6.07, 6.45) is 0. The van der Waals surface area contributed by atoms with Crippen LogP contribution in [0.2, 0.25) is 0 Å². The molecule has 0 saturated heterocycles. The quantitative estimate of drug-likeness (QED) is 0.672. The lowest BCUT2D eigenvalue weighted by atomic mass is 10.3. The van der Waals surface area contributed by atoms with Crippen LogP contribution in [0.3, 0.4) is 0 Å². The van der Waals surface area contributed by atoms with Crippen molar-refractivity contribution in [3.8, 4) is 5.75 Å². The van der Waals surface area contributed by atoms with Crippen molar-refractivity contribution in [2.75, 3.05) is 0 Å². The van der Waals surface area contributed by atoms with Crippen molar-refractivity contribution >= 4 is 10.1 Å². The molecule has 0 bridgehead atoms. The first-order chi connectivity index (χ1) is 5.00. The number of hydrogen-bond donors (Lipinski definition) is 1. The Morgan fingerprint density at radius 1 is 1.09 bits per heavy atom. The average Bonchev–Trinajstić information content (AvgIpc) is 1.86.